The third-order valence-corrected chi connectivity index (χ3v) is 3.53. The minimum absolute atomic E-state index is 0.203. The van der Waals surface area contributed by atoms with E-state index in [1.54, 1.807) is 24.5 Å². The van der Waals surface area contributed by atoms with Crippen LogP contribution in [0.5, 0.6) is 0 Å². The number of thioether (sulfide) groups is 1. The Hall–Kier alpha value is -2.47. The predicted molar refractivity (Wildman–Crippen MR) is 81.8 cm³/mol. The number of aromatic nitrogens is 1. The lowest BCUT2D eigenvalue weighted by Crippen LogP contribution is -2.18. The molecule has 3 rings (SSSR count). The Morgan fingerprint density at radius 3 is 2.81 bits per heavy atom. The average molecular weight is 299 g/mol. The summed E-state index contributed by atoms with van der Waals surface area (Å²) in [5, 5.41) is 2.46. The minimum atomic E-state index is -0.367. The summed E-state index contributed by atoms with van der Waals surface area (Å²) >= 11 is 1.06. The van der Waals surface area contributed by atoms with Crippen molar-refractivity contribution < 1.29 is 9.18 Å². The summed E-state index contributed by atoms with van der Waals surface area (Å²) < 4.78 is 13.2. The molecule has 2 aromatic rings. The van der Waals surface area contributed by atoms with Gasteiger partial charge in [-0.15, -0.1) is 0 Å². The van der Waals surface area contributed by atoms with E-state index in [9.17, 15) is 9.18 Å². The molecule has 0 atom stereocenters. The molecule has 104 valence electrons. The number of pyridine rings is 1. The fourth-order valence-corrected chi connectivity index (χ4v) is 2.53. The predicted octanol–water partition coefficient (Wildman–Crippen LogP) is 3.75. The van der Waals surface area contributed by atoms with E-state index in [-0.39, 0.29) is 11.1 Å². The van der Waals surface area contributed by atoms with E-state index in [4.69, 9.17) is 0 Å². The molecule has 0 radical (unpaired) electrons. The molecule has 1 saturated heterocycles. The molecule has 1 aliphatic rings. The lowest BCUT2D eigenvalue weighted by atomic mass is 10.2. The first-order valence-corrected chi connectivity index (χ1v) is 6.97. The Morgan fingerprint density at radius 2 is 2.05 bits per heavy atom. The Balaban J connectivity index is 1.96. The van der Waals surface area contributed by atoms with Gasteiger partial charge in [0.25, 0.3) is 5.24 Å². The normalized spacial score (nSPS) is 18.2. The number of amidine groups is 1. The molecule has 1 aliphatic heterocycles. The van der Waals surface area contributed by atoms with Gasteiger partial charge in [0.15, 0.2) is 0 Å². The third kappa shape index (κ3) is 3.35. The van der Waals surface area contributed by atoms with Crippen LogP contribution < -0.4 is 5.32 Å². The highest BCUT2D eigenvalue weighted by Gasteiger charge is 2.23. The molecule has 2 heterocycles. The molecule has 1 N–H and O–H groups in total. The van der Waals surface area contributed by atoms with Crippen molar-refractivity contribution in [1.29, 1.82) is 0 Å². The van der Waals surface area contributed by atoms with Crippen LogP contribution in [-0.4, -0.2) is 16.1 Å². The molecule has 0 aliphatic carbocycles. The molecule has 0 unspecified atom stereocenters. The zero-order valence-electron chi connectivity index (χ0n) is 10.8. The molecule has 1 aromatic heterocycles. The van der Waals surface area contributed by atoms with E-state index < -0.39 is 0 Å². The first-order chi connectivity index (χ1) is 10.2. The monoisotopic (exact) mass is 299 g/mol. The topological polar surface area (TPSA) is 54.4 Å². The summed E-state index contributed by atoms with van der Waals surface area (Å²) in [5.74, 6) is 0.0564. The van der Waals surface area contributed by atoms with Crippen molar-refractivity contribution in [2.75, 3.05) is 0 Å². The van der Waals surface area contributed by atoms with Crippen LogP contribution in [0.15, 0.2) is 58.7 Å². The molecule has 1 fully saturated rings. The highest BCUT2D eigenvalue weighted by Crippen LogP contribution is 2.28. The Bertz CT molecular complexity index is 744. The van der Waals surface area contributed by atoms with Crippen LogP contribution in [0.25, 0.3) is 6.08 Å². The highest BCUT2D eigenvalue weighted by atomic mass is 32.2. The van der Waals surface area contributed by atoms with E-state index in [0.717, 1.165) is 17.3 Å². The standard InChI is InChI=1S/C15H10FN3OS/c16-11-2-1-3-12(9-11)18-14-13(21-15(20)19-14)8-10-4-6-17-7-5-10/h1-9H,(H,18,19,20)/b13-8-. The summed E-state index contributed by atoms with van der Waals surface area (Å²) in [5.41, 5.74) is 1.37. The highest BCUT2D eigenvalue weighted by molar-refractivity contribution is 8.18. The van der Waals surface area contributed by atoms with Crippen molar-refractivity contribution in [1.82, 2.24) is 10.3 Å². The maximum atomic E-state index is 13.2. The minimum Gasteiger partial charge on any atom is -0.300 e. The Morgan fingerprint density at radius 1 is 1.24 bits per heavy atom. The number of amides is 1. The van der Waals surface area contributed by atoms with E-state index in [0.29, 0.717) is 16.4 Å². The molecule has 0 bridgehead atoms. The van der Waals surface area contributed by atoms with E-state index in [2.05, 4.69) is 15.3 Å². The summed E-state index contributed by atoms with van der Waals surface area (Å²) in [6.45, 7) is 0. The van der Waals surface area contributed by atoms with Gasteiger partial charge in [-0.2, -0.15) is 0 Å². The van der Waals surface area contributed by atoms with Gasteiger partial charge in [0, 0.05) is 12.4 Å². The van der Waals surface area contributed by atoms with E-state index >= 15 is 0 Å². The van der Waals surface area contributed by atoms with Crippen molar-refractivity contribution in [2.45, 2.75) is 0 Å². The number of carbonyl (C=O) groups excluding carboxylic acids is 1. The zero-order chi connectivity index (χ0) is 14.7. The molecular weight excluding hydrogens is 289 g/mol. The van der Waals surface area contributed by atoms with Gasteiger partial charge in [-0.25, -0.2) is 9.38 Å². The number of nitrogens with zero attached hydrogens (tertiary/aromatic N) is 2. The summed E-state index contributed by atoms with van der Waals surface area (Å²) in [6, 6.07) is 9.57. The van der Waals surface area contributed by atoms with Gasteiger partial charge in [-0.05, 0) is 53.7 Å². The SMILES string of the molecule is O=C1NC(=Nc2cccc(F)c2)/C(=C/c2ccncc2)S1. The second kappa shape index (κ2) is 5.88. The van der Waals surface area contributed by atoms with Gasteiger partial charge in [-0.1, -0.05) is 6.07 Å². The van der Waals surface area contributed by atoms with Crippen LogP contribution in [-0.2, 0) is 0 Å². The molecule has 4 nitrogen and oxygen atoms in total. The molecule has 1 aromatic carbocycles. The van der Waals surface area contributed by atoms with Crippen molar-refractivity contribution >= 4 is 34.6 Å². The maximum absolute atomic E-state index is 13.2. The average Bonchev–Trinajstić information content (AvgIpc) is 2.80. The molecule has 1 amide bonds. The lowest BCUT2D eigenvalue weighted by Gasteiger charge is -2.00. The zero-order valence-corrected chi connectivity index (χ0v) is 11.6. The van der Waals surface area contributed by atoms with Crippen molar-refractivity contribution in [3.8, 4) is 0 Å². The van der Waals surface area contributed by atoms with Gasteiger partial charge in [-0.3, -0.25) is 9.78 Å². The summed E-state index contributed by atoms with van der Waals surface area (Å²) in [4.78, 5) is 20.5. The smallest absolute Gasteiger partial charge is 0.289 e. The van der Waals surface area contributed by atoms with Crippen molar-refractivity contribution in [3.63, 3.8) is 0 Å². The number of hydrogen-bond donors (Lipinski definition) is 1. The fourth-order valence-electron chi connectivity index (χ4n) is 1.80. The largest absolute Gasteiger partial charge is 0.300 e. The molecule has 21 heavy (non-hydrogen) atoms. The number of hydrogen-bond acceptors (Lipinski definition) is 4. The van der Waals surface area contributed by atoms with Crippen LogP contribution >= 0.6 is 11.8 Å². The molecule has 0 saturated carbocycles. The second-order valence-corrected chi connectivity index (χ2v) is 5.26. The Kier molecular flexibility index (Phi) is 3.79. The van der Waals surface area contributed by atoms with E-state index in [1.807, 2.05) is 18.2 Å². The van der Waals surface area contributed by atoms with Gasteiger partial charge in [0.2, 0.25) is 0 Å². The number of nitrogens with one attached hydrogen (secondary N) is 1. The first-order valence-electron chi connectivity index (χ1n) is 6.16. The number of aliphatic imine (C=N–C) groups is 1. The van der Waals surface area contributed by atoms with Crippen molar-refractivity contribution in [2.24, 2.45) is 4.99 Å². The van der Waals surface area contributed by atoms with Crippen LogP contribution in [0.1, 0.15) is 5.56 Å². The van der Waals surface area contributed by atoms with Gasteiger partial charge in [0.1, 0.15) is 11.7 Å². The van der Waals surface area contributed by atoms with Crippen LogP contribution in [0.2, 0.25) is 0 Å². The number of benzene rings is 1. The third-order valence-electron chi connectivity index (χ3n) is 2.71. The molecule has 0 spiro atoms. The fraction of sp³-hybridized carbons (Fsp3) is 0. The summed E-state index contributed by atoms with van der Waals surface area (Å²) in [6.07, 6.45) is 5.18. The Labute approximate surface area is 124 Å². The molecular formula is C15H10FN3OS. The number of rotatable bonds is 2. The van der Waals surface area contributed by atoms with Gasteiger partial charge < -0.3 is 5.32 Å². The second-order valence-electron chi connectivity index (χ2n) is 4.24. The van der Waals surface area contributed by atoms with Crippen LogP contribution in [0.4, 0.5) is 14.9 Å². The van der Waals surface area contributed by atoms with Crippen molar-refractivity contribution in [3.05, 3.63) is 65.1 Å². The summed E-state index contributed by atoms with van der Waals surface area (Å²) in [7, 11) is 0. The van der Waals surface area contributed by atoms with Gasteiger partial charge in [0.05, 0.1) is 10.6 Å². The van der Waals surface area contributed by atoms with E-state index in [1.165, 1.54) is 12.1 Å². The first kappa shape index (κ1) is 13.5. The van der Waals surface area contributed by atoms with Crippen LogP contribution in [0, 0.1) is 5.82 Å². The number of carbonyl (C=O) groups is 1. The van der Waals surface area contributed by atoms with Crippen LogP contribution in [0.3, 0.4) is 0 Å². The molecule has 6 heteroatoms. The van der Waals surface area contributed by atoms with Gasteiger partial charge >= 0.3 is 0 Å². The quantitative estimate of drug-likeness (QED) is 0.919. The maximum Gasteiger partial charge on any atom is 0.289 e. The number of halogens is 1. The lowest BCUT2D eigenvalue weighted by molar-refractivity contribution is 0.265.